The zero-order valence-electron chi connectivity index (χ0n) is 16.5. The molecule has 0 spiro atoms. The normalized spacial score (nSPS) is 13.8. The van der Waals surface area contributed by atoms with Crippen LogP contribution in [-0.4, -0.2) is 22.2 Å². The highest BCUT2D eigenvalue weighted by atomic mass is 32.1. The van der Waals surface area contributed by atoms with Crippen LogP contribution in [0.5, 0.6) is 0 Å². The zero-order valence-corrected chi connectivity index (χ0v) is 17.3. The summed E-state index contributed by atoms with van der Waals surface area (Å²) < 4.78 is 7.51. The summed E-state index contributed by atoms with van der Waals surface area (Å²) in [5.41, 5.74) is 1.45. The molecule has 7 heteroatoms. The molecule has 0 saturated carbocycles. The number of hydrogen-bond acceptors (Lipinski definition) is 5. The summed E-state index contributed by atoms with van der Waals surface area (Å²) in [5.74, 6) is -0.495. The van der Waals surface area contributed by atoms with Gasteiger partial charge in [0.05, 0.1) is 12.5 Å². The highest BCUT2D eigenvalue weighted by Crippen LogP contribution is 2.33. The molecule has 3 aromatic rings. The van der Waals surface area contributed by atoms with E-state index in [9.17, 15) is 14.4 Å². The van der Waals surface area contributed by atoms with Crippen molar-refractivity contribution in [2.45, 2.75) is 51.6 Å². The Morgan fingerprint density at radius 1 is 1.07 bits per heavy atom. The summed E-state index contributed by atoms with van der Waals surface area (Å²) in [6.45, 7) is 0.0975. The van der Waals surface area contributed by atoms with Gasteiger partial charge in [0.2, 0.25) is 0 Å². The second-order valence-corrected chi connectivity index (χ2v) is 8.47. The fourth-order valence-electron chi connectivity index (χ4n) is 4.01. The zero-order chi connectivity index (χ0) is 20.4. The van der Waals surface area contributed by atoms with Gasteiger partial charge in [-0.1, -0.05) is 36.8 Å². The number of ether oxygens (including phenoxy) is 1. The van der Waals surface area contributed by atoms with Crippen LogP contribution in [-0.2, 0) is 41.9 Å². The van der Waals surface area contributed by atoms with Gasteiger partial charge >= 0.3 is 11.7 Å². The summed E-state index contributed by atoms with van der Waals surface area (Å²) in [7, 11) is 1.31. The van der Waals surface area contributed by atoms with Gasteiger partial charge in [-0.05, 0) is 43.2 Å². The number of carbonyl (C=O) groups is 1. The van der Waals surface area contributed by atoms with E-state index in [0.717, 1.165) is 43.2 Å². The minimum absolute atomic E-state index is 0.184. The lowest BCUT2D eigenvalue weighted by Crippen LogP contribution is -2.41. The lowest BCUT2D eigenvalue weighted by Gasteiger charge is -2.12. The first-order chi connectivity index (χ1) is 14.1. The number of thiophene rings is 1. The molecular formula is C22H24N2O4S. The van der Waals surface area contributed by atoms with Crippen LogP contribution in [0.15, 0.2) is 39.9 Å². The van der Waals surface area contributed by atoms with E-state index in [1.54, 1.807) is 0 Å². The van der Waals surface area contributed by atoms with Gasteiger partial charge in [0, 0.05) is 11.4 Å². The number of esters is 1. The monoisotopic (exact) mass is 412 g/mol. The lowest BCUT2D eigenvalue weighted by atomic mass is 10.1. The summed E-state index contributed by atoms with van der Waals surface area (Å²) in [6.07, 6.45) is 5.62. The Bertz CT molecular complexity index is 1160. The first-order valence-corrected chi connectivity index (χ1v) is 10.8. The number of benzene rings is 1. The van der Waals surface area contributed by atoms with Gasteiger partial charge in [0.1, 0.15) is 11.4 Å². The number of rotatable bonds is 5. The molecule has 2 heterocycles. The first kappa shape index (κ1) is 19.6. The average Bonchev–Trinajstić information content (AvgIpc) is 2.94. The van der Waals surface area contributed by atoms with E-state index >= 15 is 0 Å². The van der Waals surface area contributed by atoms with Crippen LogP contribution < -0.4 is 11.2 Å². The van der Waals surface area contributed by atoms with Crippen molar-refractivity contribution in [3.63, 3.8) is 0 Å². The standard InChI is InChI=1S/C22H24N2O4S/c1-28-18(25)14-24-21-19(16-10-6-3-7-11-17(16)29-21)20(26)23(22(24)27)13-12-15-8-4-2-5-9-15/h2,4-5,8-9H,3,6-7,10-14H2,1H3. The third-order valence-electron chi connectivity index (χ3n) is 5.55. The highest BCUT2D eigenvalue weighted by molar-refractivity contribution is 7.18. The molecule has 0 amide bonds. The Morgan fingerprint density at radius 2 is 1.83 bits per heavy atom. The van der Waals surface area contributed by atoms with Crippen LogP contribution in [0.25, 0.3) is 10.2 Å². The van der Waals surface area contributed by atoms with Gasteiger partial charge in [0.25, 0.3) is 5.56 Å². The van der Waals surface area contributed by atoms with Gasteiger partial charge in [0.15, 0.2) is 0 Å². The molecule has 0 saturated heterocycles. The average molecular weight is 413 g/mol. The molecule has 29 heavy (non-hydrogen) atoms. The number of methoxy groups -OCH3 is 1. The predicted molar refractivity (Wildman–Crippen MR) is 114 cm³/mol. The molecule has 0 radical (unpaired) electrons. The fourth-order valence-corrected chi connectivity index (χ4v) is 5.38. The molecule has 152 valence electrons. The number of carbonyl (C=O) groups excluding carboxylic acids is 1. The van der Waals surface area contributed by atoms with Crippen molar-refractivity contribution in [3.05, 3.63) is 67.2 Å². The van der Waals surface area contributed by atoms with E-state index in [1.165, 1.54) is 32.5 Å². The largest absolute Gasteiger partial charge is 0.468 e. The minimum atomic E-state index is -0.495. The van der Waals surface area contributed by atoms with Crippen LogP contribution in [0.4, 0.5) is 0 Å². The van der Waals surface area contributed by atoms with Crippen LogP contribution in [0, 0.1) is 0 Å². The van der Waals surface area contributed by atoms with Crippen LogP contribution >= 0.6 is 11.3 Å². The molecule has 1 aromatic carbocycles. The van der Waals surface area contributed by atoms with Gasteiger partial charge in [-0.2, -0.15) is 0 Å². The van der Waals surface area contributed by atoms with Gasteiger partial charge in [-0.15, -0.1) is 11.3 Å². The van der Waals surface area contributed by atoms with Gasteiger partial charge < -0.3 is 4.74 Å². The van der Waals surface area contributed by atoms with Gasteiger partial charge in [-0.25, -0.2) is 4.79 Å². The Hall–Kier alpha value is -2.67. The summed E-state index contributed by atoms with van der Waals surface area (Å²) >= 11 is 1.49. The van der Waals surface area contributed by atoms with Crippen molar-refractivity contribution in [3.8, 4) is 0 Å². The van der Waals surface area contributed by atoms with Crippen molar-refractivity contribution in [1.29, 1.82) is 0 Å². The van der Waals surface area contributed by atoms with Gasteiger partial charge in [-0.3, -0.25) is 18.7 Å². The number of aromatic nitrogens is 2. The summed E-state index contributed by atoms with van der Waals surface area (Å²) in [5, 5.41) is 0.614. The second kappa shape index (κ2) is 8.37. The molecule has 0 atom stereocenters. The number of hydrogen-bond donors (Lipinski definition) is 0. The lowest BCUT2D eigenvalue weighted by molar-refractivity contribution is -0.141. The molecule has 0 bridgehead atoms. The molecular weight excluding hydrogens is 388 g/mol. The molecule has 1 aliphatic carbocycles. The molecule has 0 unspecified atom stereocenters. The number of nitrogens with zero attached hydrogens (tertiary/aromatic N) is 2. The minimum Gasteiger partial charge on any atom is -0.468 e. The van der Waals surface area contributed by atoms with E-state index in [4.69, 9.17) is 4.74 Å². The maximum Gasteiger partial charge on any atom is 0.332 e. The van der Waals surface area contributed by atoms with Crippen molar-refractivity contribution >= 4 is 27.5 Å². The van der Waals surface area contributed by atoms with Crippen molar-refractivity contribution < 1.29 is 9.53 Å². The van der Waals surface area contributed by atoms with E-state index in [1.807, 2.05) is 30.3 Å². The maximum atomic E-state index is 13.4. The summed E-state index contributed by atoms with van der Waals surface area (Å²) in [6, 6.07) is 9.78. The number of aryl methyl sites for hydroxylation is 3. The molecule has 0 fully saturated rings. The quantitative estimate of drug-likeness (QED) is 0.477. The smallest absolute Gasteiger partial charge is 0.332 e. The Kier molecular flexibility index (Phi) is 5.67. The highest BCUT2D eigenvalue weighted by Gasteiger charge is 2.23. The second-order valence-electron chi connectivity index (χ2n) is 7.38. The third kappa shape index (κ3) is 3.79. The summed E-state index contributed by atoms with van der Waals surface area (Å²) in [4.78, 5) is 40.3. The predicted octanol–water partition coefficient (Wildman–Crippen LogP) is 2.91. The Balaban J connectivity index is 1.88. The van der Waals surface area contributed by atoms with Crippen molar-refractivity contribution in [1.82, 2.24) is 9.13 Å². The molecule has 0 N–H and O–H groups in total. The number of fused-ring (bicyclic) bond motifs is 3. The maximum absolute atomic E-state index is 13.4. The SMILES string of the molecule is COC(=O)Cn1c(=O)n(CCc2ccccc2)c(=O)c2c3c(sc21)CCCCC3. The molecule has 0 aliphatic heterocycles. The van der Waals surface area contributed by atoms with Crippen LogP contribution in [0.2, 0.25) is 0 Å². The van der Waals surface area contributed by atoms with Crippen LogP contribution in [0.3, 0.4) is 0 Å². The fraction of sp³-hybridized carbons (Fsp3) is 0.409. The van der Waals surface area contributed by atoms with E-state index in [2.05, 4.69) is 0 Å². The third-order valence-corrected chi connectivity index (χ3v) is 6.87. The molecule has 6 nitrogen and oxygen atoms in total. The topological polar surface area (TPSA) is 70.3 Å². The molecule has 4 rings (SSSR count). The first-order valence-electron chi connectivity index (χ1n) is 9.98. The van der Waals surface area contributed by atoms with Crippen LogP contribution in [0.1, 0.15) is 35.3 Å². The molecule has 2 aromatic heterocycles. The Morgan fingerprint density at radius 3 is 2.59 bits per heavy atom. The van der Waals surface area contributed by atoms with E-state index in [0.29, 0.717) is 16.6 Å². The van der Waals surface area contributed by atoms with Crippen molar-refractivity contribution in [2.75, 3.05) is 7.11 Å². The Labute approximate surface area is 172 Å². The van der Waals surface area contributed by atoms with E-state index < -0.39 is 11.7 Å². The van der Waals surface area contributed by atoms with Crippen molar-refractivity contribution in [2.24, 2.45) is 0 Å². The molecule has 1 aliphatic rings. The van der Waals surface area contributed by atoms with E-state index in [-0.39, 0.29) is 18.6 Å².